The molecule has 0 bridgehead atoms. The van der Waals surface area contributed by atoms with Gasteiger partial charge < -0.3 is 20.3 Å². The van der Waals surface area contributed by atoms with E-state index in [1.807, 2.05) is 26.0 Å². The van der Waals surface area contributed by atoms with Crippen molar-refractivity contribution < 1.29 is 4.74 Å². The first kappa shape index (κ1) is 15.0. The molecule has 4 heteroatoms. The van der Waals surface area contributed by atoms with Gasteiger partial charge in [-0.15, -0.1) is 0 Å². The highest BCUT2D eigenvalue weighted by Gasteiger charge is 2.22. The predicted octanol–water partition coefficient (Wildman–Crippen LogP) is 2.59. The minimum absolute atomic E-state index is 0.145. The normalized spacial score (nSPS) is 17.0. The van der Waals surface area contributed by atoms with Crippen LogP contribution in [0.5, 0.6) is 5.75 Å². The van der Waals surface area contributed by atoms with Crippen molar-refractivity contribution >= 4 is 11.4 Å². The molecule has 1 heterocycles. The summed E-state index contributed by atoms with van der Waals surface area (Å²) >= 11 is 0. The Kier molecular flexibility index (Phi) is 4.76. The lowest BCUT2D eigenvalue weighted by atomic mass is 10.0. The highest BCUT2D eigenvalue weighted by Crippen LogP contribution is 2.34. The van der Waals surface area contributed by atoms with Gasteiger partial charge in [0.05, 0.1) is 17.5 Å². The summed E-state index contributed by atoms with van der Waals surface area (Å²) in [5.74, 6) is 0.798. The van der Waals surface area contributed by atoms with E-state index in [-0.39, 0.29) is 6.10 Å². The van der Waals surface area contributed by atoms with E-state index < -0.39 is 0 Å². The largest absolute Gasteiger partial charge is 0.489 e. The van der Waals surface area contributed by atoms with E-state index in [9.17, 15) is 0 Å². The van der Waals surface area contributed by atoms with Crippen molar-refractivity contribution in [2.24, 2.45) is 0 Å². The number of benzene rings is 1. The molecule has 0 aliphatic carbocycles. The Labute approximate surface area is 122 Å². The number of rotatable bonds is 4. The zero-order valence-corrected chi connectivity index (χ0v) is 13.1. The summed E-state index contributed by atoms with van der Waals surface area (Å²) in [6, 6.07) is 6.76. The fraction of sp³-hybridized carbons (Fsp3) is 0.625. The van der Waals surface area contributed by atoms with Gasteiger partial charge in [0, 0.05) is 19.1 Å². The summed E-state index contributed by atoms with van der Waals surface area (Å²) in [6.07, 6.45) is 2.51. The number of ether oxygens (including phenoxy) is 1. The van der Waals surface area contributed by atoms with Crippen molar-refractivity contribution in [3.63, 3.8) is 0 Å². The first-order chi connectivity index (χ1) is 9.49. The zero-order chi connectivity index (χ0) is 14.7. The van der Waals surface area contributed by atoms with Crippen LogP contribution >= 0.6 is 0 Å². The Balaban J connectivity index is 2.10. The second kappa shape index (κ2) is 6.35. The lowest BCUT2D eigenvalue weighted by molar-refractivity contribution is 0.243. The molecule has 2 rings (SSSR count). The first-order valence-corrected chi connectivity index (χ1v) is 7.45. The fourth-order valence-corrected chi connectivity index (χ4v) is 2.79. The molecule has 0 radical (unpaired) electrons. The molecule has 1 aromatic carbocycles. The number of nitrogens with two attached hydrogens (primary N) is 1. The van der Waals surface area contributed by atoms with Crippen LogP contribution in [0.15, 0.2) is 18.2 Å². The number of hydrogen-bond donors (Lipinski definition) is 1. The van der Waals surface area contributed by atoms with Crippen molar-refractivity contribution in [2.75, 3.05) is 37.8 Å². The maximum Gasteiger partial charge on any atom is 0.144 e. The average Bonchev–Trinajstić information content (AvgIpc) is 2.41. The van der Waals surface area contributed by atoms with Crippen LogP contribution < -0.4 is 15.4 Å². The Bertz CT molecular complexity index is 437. The topological polar surface area (TPSA) is 41.7 Å². The number of nitrogens with zero attached hydrogens (tertiary/aromatic N) is 2. The highest BCUT2D eigenvalue weighted by atomic mass is 16.5. The minimum atomic E-state index is 0.145. The van der Waals surface area contributed by atoms with Gasteiger partial charge in [0.2, 0.25) is 0 Å². The summed E-state index contributed by atoms with van der Waals surface area (Å²) in [5.41, 5.74) is 8.16. The van der Waals surface area contributed by atoms with Gasteiger partial charge in [0.25, 0.3) is 0 Å². The van der Waals surface area contributed by atoms with E-state index in [0.717, 1.165) is 30.2 Å². The Hall–Kier alpha value is -1.42. The maximum absolute atomic E-state index is 6.28. The molecule has 0 amide bonds. The van der Waals surface area contributed by atoms with Crippen molar-refractivity contribution in [3.8, 4) is 5.75 Å². The van der Waals surface area contributed by atoms with Crippen LogP contribution in [0.4, 0.5) is 11.4 Å². The van der Waals surface area contributed by atoms with E-state index in [4.69, 9.17) is 10.5 Å². The van der Waals surface area contributed by atoms with E-state index in [1.54, 1.807) is 0 Å². The summed E-state index contributed by atoms with van der Waals surface area (Å²) in [7, 11) is 4.32. The van der Waals surface area contributed by atoms with Crippen LogP contribution in [0.25, 0.3) is 0 Å². The lowest BCUT2D eigenvalue weighted by Gasteiger charge is -2.37. The SMILES string of the molecule is CC(C)Oc1cccc(N2CCC(N(C)C)CC2)c1N. The average molecular weight is 277 g/mol. The predicted molar refractivity (Wildman–Crippen MR) is 85.5 cm³/mol. The number of nitrogen functional groups attached to an aromatic ring is 1. The molecule has 20 heavy (non-hydrogen) atoms. The molecule has 2 N–H and O–H groups in total. The van der Waals surface area contributed by atoms with Gasteiger partial charge >= 0.3 is 0 Å². The van der Waals surface area contributed by atoms with Crippen LogP contribution in [0.3, 0.4) is 0 Å². The van der Waals surface area contributed by atoms with Gasteiger partial charge in [0.15, 0.2) is 0 Å². The van der Waals surface area contributed by atoms with Crippen LogP contribution in [-0.2, 0) is 0 Å². The third-order valence-electron chi connectivity index (χ3n) is 3.94. The first-order valence-electron chi connectivity index (χ1n) is 7.45. The monoisotopic (exact) mass is 277 g/mol. The van der Waals surface area contributed by atoms with Gasteiger partial charge in [-0.1, -0.05) is 6.07 Å². The molecular weight excluding hydrogens is 250 g/mol. The molecule has 1 aliphatic heterocycles. The summed E-state index contributed by atoms with van der Waals surface area (Å²) in [5, 5.41) is 0. The van der Waals surface area contributed by atoms with Crippen LogP contribution in [0, 0.1) is 0 Å². The van der Waals surface area contributed by atoms with Crippen LogP contribution in [-0.4, -0.2) is 44.2 Å². The van der Waals surface area contributed by atoms with Crippen molar-refractivity contribution in [2.45, 2.75) is 38.8 Å². The van der Waals surface area contributed by atoms with E-state index >= 15 is 0 Å². The quantitative estimate of drug-likeness (QED) is 0.859. The number of anilines is 2. The molecule has 0 saturated carbocycles. The molecular formula is C16H27N3O. The fourth-order valence-electron chi connectivity index (χ4n) is 2.79. The molecule has 1 aliphatic rings. The van der Waals surface area contributed by atoms with E-state index in [1.165, 1.54) is 12.8 Å². The smallest absolute Gasteiger partial charge is 0.144 e. The summed E-state index contributed by atoms with van der Waals surface area (Å²) in [4.78, 5) is 4.70. The molecule has 0 atom stereocenters. The Morgan fingerprint density at radius 1 is 1.25 bits per heavy atom. The zero-order valence-electron chi connectivity index (χ0n) is 13.1. The van der Waals surface area contributed by atoms with Gasteiger partial charge in [-0.3, -0.25) is 0 Å². The third kappa shape index (κ3) is 3.37. The molecule has 0 spiro atoms. The maximum atomic E-state index is 6.28. The Morgan fingerprint density at radius 2 is 1.90 bits per heavy atom. The number of hydrogen-bond acceptors (Lipinski definition) is 4. The highest BCUT2D eigenvalue weighted by molar-refractivity contribution is 5.74. The molecule has 112 valence electrons. The molecule has 0 unspecified atom stereocenters. The van der Waals surface area contributed by atoms with E-state index in [0.29, 0.717) is 6.04 Å². The molecule has 1 aromatic rings. The second-order valence-corrected chi connectivity index (χ2v) is 6.04. The van der Waals surface area contributed by atoms with Gasteiger partial charge in [-0.05, 0) is 52.9 Å². The summed E-state index contributed by atoms with van der Waals surface area (Å²) in [6.45, 7) is 6.15. The standard InChI is InChI=1S/C16H27N3O/c1-12(2)20-15-7-5-6-14(16(15)17)19-10-8-13(9-11-19)18(3)4/h5-7,12-13H,8-11,17H2,1-4H3. The Morgan fingerprint density at radius 3 is 2.45 bits per heavy atom. The van der Waals surface area contributed by atoms with Crippen molar-refractivity contribution in [1.29, 1.82) is 0 Å². The number of para-hydroxylation sites is 1. The minimum Gasteiger partial charge on any atom is -0.489 e. The van der Waals surface area contributed by atoms with Gasteiger partial charge in [-0.25, -0.2) is 0 Å². The third-order valence-corrected chi connectivity index (χ3v) is 3.94. The molecule has 4 nitrogen and oxygen atoms in total. The van der Waals surface area contributed by atoms with Crippen LogP contribution in [0.1, 0.15) is 26.7 Å². The van der Waals surface area contributed by atoms with E-state index in [2.05, 4.69) is 30.0 Å². The second-order valence-electron chi connectivity index (χ2n) is 6.04. The number of piperidine rings is 1. The molecule has 1 fully saturated rings. The van der Waals surface area contributed by atoms with Crippen LogP contribution in [0.2, 0.25) is 0 Å². The van der Waals surface area contributed by atoms with Gasteiger partial charge in [-0.2, -0.15) is 0 Å². The summed E-state index contributed by atoms with van der Waals surface area (Å²) < 4.78 is 5.78. The molecule has 0 aromatic heterocycles. The van der Waals surface area contributed by atoms with Crippen molar-refractivity contribution in [3.05, 3.63) is 18.2 Å². The molecule has 1 saturated heterocycles. The van der Waals surface area contributed by atoms with Gasteiger partial charge in [0.1, 0.15) is 5.75 Å². The van der Waals surface area contributed by atoms with Crippen molar-refractivity contribution in [1.82, 2.24) is 4.90 Å². The lowest BCUT2D eigenvalue weighted by Crippen LogP contribution is -2.42.